The van der Waals surface area contributed by atoms with Crippen LogP contribution in [0.4, 0.5) is 5.69 Å². The van der Waals surface area contributed by atoms with E-state index in [0.717, 1.165) is 32.4 Å². The molecule has 6 nitrogen and oxygen atoms in total. The van der Waals surface area contributed by atoms with Crippen LogP contribution in [0, 0.1) is 23.7 Å². The van der Waals surface area contributed by atoms with E-state index in [-0.39, 0.29) is 23.7 Å². The van der Waals surface area contributed by atoms with Crippen molar-refractivity contribution in [2.24, 2.45) is 23.7 Å². The third-order valence-corrected chi connectivity index (χ3v) is 6.09. The van der Waals surface area contributed by atoms with Crippen molar-refractivity contribution in [3.8, 4) is 0 Å². The van der Waals surface area contributed by atoms with Crippen molar-refractivity contribution in [1.82, 2.24) is 4.90 Å². The number of benzene rings is 1. The Hall–Kier alpha value is -2.63. The van der Waals surface area contributed by atoms with Gasteiger partial charge in [0.1, 0.15) is 0 Å². The van der Waals surface area contributed by atoms with Crippen molar-refractivity contribution in [3.63, 3.8) is 0 Å². The Morgan fingerprint density at radius 3 is 2.19 bits per heavy atom. The topological polar surface area (TPSA) is 86.7 Å². The lowest BCUT2D eigenvalue weighted by Gasteiger charge is -2.27. The second-order valence-corrected chi connectivity index (χ2v) is 7.76. The van der Waals surface area contributed by atoms with Crippen LogP contribution >= 0.6 is 0 Å². The summed E-state index contributed by atoms with van der Waals surface area (Å²) >= 11 is 0. The van der Waals surface area contributed by atoms with E-state index in [4.69, 9.17) is 0 Å². The summed E-state index contributed by atoms with van der Waals surface area (Å²) in [6, 6.07) is 6.88. The predicted octanol–water partition coefficient (Wildman–Crippen LogP) is 2.77. The van der Waals surface area contributed by atoms with Crippen LogP contribution in [0.5, 0.6) is 0 Å². The number of piperidine rings is 1. The zero-order valence-electron chi connectivity index (χ0n) is 15.1. The van der Waals surface area contributed by atoms with Crippen LogP contribution in [0.2, 0.25) is 0 Å². The molecule has 27 heavy (non-hydrogen) atoms. The molecule has 1 aromatic rings. The van der Waals surface area contributed by atoms with Gasteiger partial charge in [-0.25, -0.2) is 0 Å². The van der Waals surface area contributed by atoms with E-state index >= 15 is 0 Å². The van der Waals surface area contributed by atoms with Gasteiger partial charge in [-0.15, -0.1) is 0 Å². The van der Waals surface area contributed by atoms with Crippen LogP contribution in [0.25, 0.3) is 0 Å². The summed E-state index contributed by atoms with van der Waals surface area (Å²) in [5.41, 5.74) is 1.20. The molecule has 1 heterocycles. The Morgan fingerprint density at radius 1 is 0.926 bits per heavy atom. The van der Waals surface area contributed by atoms with Gasteiger partial charge < -0.3 is 15.3 Å². The first-order chi connectivity index (χ1) is 13.0. The molecule has 4 atom stereocenters. The van der Waals surface area contributed by atoms with E-state index in [9.17, 15) is 19.5 Å². The minimum atomic E-state index is -0.908. The van der Waals surface area contributed by atoms with Crippen molar-refractivity contribution >= 4 is 23.5 Å². The number of carbonyl (C=O) groups excluding carboxylic acids is 2. The standard InChI is InChI=1S/C21H24N2O4/c24-19(17-14-4-5-15(12-14)18(17)21(26)27)22-16-8-6-13(7-9-16)20(25)23-10-2-1-3-11-23/h4-9,14-15,17-18H,1-3,10-12H2,(H,22,24)(H,26,27)/t14-,15+,17+,18-/m0/s1. The third-order valence-electron chi connectivity index (χ3n) is 6.09. The van der Waals surface area contributed by atoms with Crippen LogP contribution in [-0.2, 0) is 9.59 Å². The van der Waals surface area contributed by atoms with Gasteiger partial charge in [-0.3, -0.25) is 14.4 Å². The van der Waals surface area contributed by atoms with Gasteiger partial charge in [0.05, 0.1) is 11.8 Å². The molecule has 0 aromatic heterocycles. The Labute approximate surface area is 158 Å². The molecule has 1 saturated carbocycles. The number of allylic oxidation sites excluding steroid dienone is 2. The molecule has 2 bridgehead atoms. The molecule has 1 aliphatic heterocycles. The smallest absolute Gasteiger partial charge is 0.307 e. The Kier molecular flexibility index (Phi) is 4.72. The molecule has 6 heteroatoms. The number of anilines is 1. The second-order valence-electron chi connectivity index (χ2n) is 7.76. The summed E-state index contributed by atoms with van der Waals surface area (Å²) in [6.07, 6.45) is 7.89. The number of carboxylic acids is 1. The molecule has 3 aliphatic rings. The molecular formula is C21H24N2O4. The first-order valence-electron chi connectivity index (χ1n) is 9.66. The fraction of sp³-hybridized carbons (Fsp3) is 0.476. The summed E-state index contributed by atoms with van der Waals surface area (Å²) in [5, 5.41) is 12.3. The Morgan fingerprint density at radius 2 is 1.56 bits per heavy atom. The van der Waals surface area contributed by atoms with E-state index in [1.54, 1.807) is 24.3 Å². The minimum absolute atomic E-state index is 0.00366. The average Bonchev–Trinajstić information content (AvgIpc) is 3.30. The Balaban J connectivity index is 1.42. The molecule has 2 N–H and O–H groups in total. The summed E-state index contributed by atoms with van der Waals surface area (Å²) in [5.74, 6) is -2.38. The minimum Gasteiger partial charge on any atom is -0.481 e. The first kappa shape index (κ1) is 17.8. The molecule has 0 radical (unpaired) electrons. The molecule has 1 saturated heterocycles. The number of carboxylic acid groups (broad SMARTS) is 1. The summed E-state index contributed by atoms with van der Waals surface area (Å²) in [7, 11) is 0. The number of nitrogens with zero attached hydrogens (tertiary/aromatic N) is 1. The quantitative estimate of drug-likeness (QED) is 0.800. The number of hydrogen-bond acceptors (Lipinski definition) is 3. The number of aliphatic carboxylic acids is 1. The van der Waals surface area contributed by atoms with Gasteiger partial charge in [-0.2, -0.15) is 0 Å². The number of likely N-dealkylation sites (tertiary alicyclic amines) is 1. The molecule has 4 rings (SSSR count). The number of hydrogen-bond donors (Lipinski definition) is 2. The van der Waals surface area contributed by atoms with Crippen molar-refractivity contribution in [1.29, 1.82) is 0 Å². The van der Waals surface area contributed by atoms with Crippen LogP contribution < -0.4 is 5.32 Å². The zero-order valence-corrected chi connectivity index (χ0v) is 15.1. The van der Waals surface area contributed by atoms with E-state index in [1.165, 1.54) is 6.42 Å². The number of nitrogens with one attached hydrogen (secondary N) is 1. The zero-order chi connectivity index (χ0) is 19.0. The van der Waals surface area contributed by atoms with Gasteiger partial charge >= 0.3 is 5.97 Å². The Bertz CT molecular complexity index is 780. The lowest BCUT2D eigenvalue weighted by molar-refractivity contribution is -0.146. The van der Waals surface area contributed by atoms with Gasteiger partial charge in [-0.05, 0) is 61.8 Å². The number of amides is 2. The lowest BCUT2D eigenvalue weighted by atomic mass is 9.82. The van der Waals surface area contributed by atoms with Gasteiger partial charge in [0, 0.05) is 24.3 Å². The normalized spacial score (nSPS) is 29.0. The second kappa shape index (κ2) is 7.18. The predicted molar refractivity (Wildman–Crippen MR) is 100 cm³/mol. The van der Waals surface area contributed by atoms with Gasteiger partial charge in [0.25, 0.3) is 5.91 Å². The van der Waals surface area contributed by atoms with E-state index in [1.807, 2.05) is 17.1 Å². The summed E-state index contributed by atoms with van der Waals surface area (Å²) in [4.78, 5) is 38.7. The van der Waals surface area contributed by atoms with Crippen molar-refractivity contribution in [2.75, 3.05) is 18.4 Å². The van der Waals surface area contributed by atoms with Crippen molar-refractivity contribution in [3.05, 3.63) is 42.0 Å². The highest BCUT2D eigenvalue weighted by atomic mass is 16.4. The van der Waals surface area contributed by atoms with E-state index in [0.29, 0.717) is 11.3 Å². The maximum atomic E-state index is 12.7. The molecule has 1 aromatic carbocycles. The van der Waals surface area contributed by atoms with Crippen LogP contribution in [0.15, 0.2) is 36.4 Å². The molecule has 0 spiro atoms. The summed E-state index contributed by atoms with van der Waals surface area (Å²) < 4.78 is 0. The van der Waals surface area contributed by atoms with E-state index in [2.05, 4.69) is 5.32 Å². The van der Waals surface area contributed by atoms with Crippen LogP contribution in [0.1, 0.15) is 36.0 Å². The molecule has 2 amide bonds. The highest BCUT2D eigenvalue weighted by Crippen LogP contribution is 2.48. The lowest BCUT2D eigenvalue weighted by Crippen LogP contribution is -2.36. The van der Waals surface area contributed by atoms with Crippen molar-refractivity contribution < 1.29 is 19.5 Å². The highest BCUT2D eigenvalue weighted by molar-refractivity contribution is 5.98. The largest absolute Gasteiger partial charge is 0.481 e. The fourth-order valence-corrected chi connectivity index (χ4v) is 4.72. The van der Waals surface area contributed by atoms with E-state index < -0.39 is 17.8 Å². The maximum Gasteiger partial charge on any atom is 0.307 e. The SMILES string of the molecule is O=C(O)[C@@H]1[C@H](C(=O)Nc2ccc(C(=O)N3CCCCC3)cc2)[C@H]2C=C[C@@H]1C2. The average molecular weight is 368 g/mol. The monoisotopic (exact) mass is 368 g/mol. The molecule has 2 aliphatic carbocycles. The third kappa shape index (κ3) is 3.36. The number of rotatable bonds is 4. The number of carbonyl (C=O) groups is 3. The van der Waals surface area contributed by atoms with Gasteiger partial charge in [0.2, 0.25) is 5.91 Å². The van der Waals surface area contributed by atoms with Crippen molar-refractivity contribution in [2.45, 2.75) is 25.7 Å². The summed E-state index contributed by atoms with van der Waals surface area (Å²) in [6.45, 7) is 1.59. The number of fused-ring (bicyclic) bond motifs is 2. The van der Waals surface area contributed by atoms with Gasteiger partial charge in [-0.1, -0.05) is 12.2 Å². The molecular weight excluding hydrogens is 344 g/mol. The van der Waals surface area contributed by atoms with Crippen LogP contribution in [0.3, 0.4) is 0 Å². The molecule has 0 unspecified atom stereocenters. The van der Waals surface area contributed by atoms with Crippen LogP contribution in [-0.4, -0.2) is 40.9 Å². The maximum absolute atomic E-state index is 12.7. The first-order valence-corrected chi connectivity index (χ1v) is 9.66. The molecule has 2 fully saturated rings. The van der Waals surface area contributed by atoms with Gasteiger partial charge in [0.15, 0.2) is 0 Å². The fourth-order valence-electron chi connectivity index (χ4n) is 4.72. The molecule has 142 valence electrons. The highest BCUT2D eigenvalue weighted by Gasteiger charge is 2.51.